The van der Waals surface area contributed by atoms with E-state index in [9.17, 15) is 8.42 Å². The van der Waals surface area contributed by atoms with E-state index in [1.807, 2.05) is 36.0 Å². The maximum atomic E-state index is 12.6. The van der Waals surface area contributed by atoms with Gasteiger partial charge in [0.05, 0.1) is 11.5 Å². The van der Waals surface area contributed by atoms with Gasteiger partial charge in [0.2, 0.25) is 10.0 Å². The van der Waals surface area contributed by atoms with E-state index in [-0.39, 0.29) is 18.0 Å². The molecule has 2 aromatic rings. The summed E-state index contributed by atoms with van der Waals surface area (Å²) in [6, 6.07) is 10.9. The minimum atomic E-state index is -3.60. The molecule has 0 saturated carbocycles. The summed E-state index contributed by atoms with van der Waals surface area (Å²) >= 11 is 0. The van der Waals surface area contributed by atoms with Crippen LogP contribution in [0.3, 0.4) is 0 Å². The van der Waals surface area contributed by atoms with Gasteiger partial charge in [0.25, 0.3) is 0 Å². The number of hydrogen-bond donors (Lipinski definition) is 2. The lowest BCUT2D eigenvalue weighted by atomic mass is 10.2. The van der Waals surface area contributed by atoms with Gasteiger partial charge < -0.3 is 15.0 Å². The molecule has 0 saturated heterocycles. The molecule has 2 rings (SSSR count). The van der Waals surface area contributed by atoms with E-state index in [1.165, 1.54) is 11.4 Å². The highest BCUT2D eigenvalue weighted by Gasteiger charge is 2.22. The van der Waals surface area contributed by atoms with E-state index in [1.54, 1.807) is 18.2 Å². The number of hydrogen-bond acceptors (Lipinski definition) is 4. The summed E-state index contributed by atoms with van der Waals surface area (Å²) in [7, 11) is -0.153. The molecule has 0 radical (unpaired) electrons. The Hall–Kier alpha value is -1.67. The van der Waals surface area contributed by atoms with E-state index in [2.05, 4.69) is 5.32 Å². The number of benzene rings is 1. The Bertz CT molecular complexity index is 741. The lowest BCUT2D eigenvalue weighted by Crippen LogP contribution is -2.30. The highest BCUT2D eigenvalue weighted by atomic mass is 32.2. The predicted molar refractivity (Wildman–Crippen MR) is 89.3 cm³/mol. The number of aryl methyl sites for hydroxylation is 1. The molecule has 0 spiro atoms. The van der Waals surface area contributed by atoms with Crippen LogP contribution in [0.2, 0.25) is 0 Å². The van der Waals surface area contributed by atoms with Crippen LogP contribution in [-0.4, -0.2) is 42.6 Å². The molecule has 126 valence electrons. The second-order valence-corrected chi connectivity index (χ2v) is 7.39. The summed E-state index contributed by atoms with van der Waals surface area (Å²) in [5.74, 6) is 0. The minimum absolute atomic E-state index is 0.0768. The van der Waals surface area contributed by atoms with Crippen molar-refractivity contribution in [3.63, 3.8) is 0 Å². The van der Waals surface area contributed by atoms with Crippen molar-refractivity contribution in [1.29, 1.82) is 0 Å². The number of sulfonamides is 1. The monoisotopic (exact) mass is 337 g/mol. The molecular formula is C16H23N3O3S. The van der Waals surface area contributed by atoms with Gasteiger partial charge in [-0.3, -0.25) is 0 Å². The van der Waals surface area contributed by atoms with Gasteiger partial charge in [-0.2, -0.15) is 4.31 Å². The van der Waals surface area contributed by atoms with Crippen molar-refractivity contribution in [2.24, 2.45) is 7.05 Å². The van der Waals surface area contributed by atoms with E-state index >= 15 is 0 Å². The summed E-state index contributed by atoms with van der Waals surface area (Å²) < 4.78 is 28.3. The quantitative estimate of drug-likeness (QED) is 0.751. The average molecular weight is 337 g/mol. The summed E-state index contributed by atoms with van der Waals surface area (Å²) in [5, 5.41) is 12.2. The van der Waals surface area contributed by atoms with Crippen LogP contribution in [0.15, 0.2) is 47.5 Å². The molecule has 0 aliphatic heterocycles. The van der Waals surface area contributed by atoms with E-state index in [0.717, 1.165) is 5.69 Å². The number of nitrogens with one attached hydrogen (secondary N) is 1. The topological polar surface area (TPSA) is 74.6 Å². The maximum Gasteiger partial charge on any atom is 0.243 e. The maximum absolute atomic E-state index is 12.6. The van der Waals surface area contributed by atoms with Crippen LogP contribution in [0, 0.1) is 0 Å². The first kappa shape index (κ1) is 17.7. The van der Waals surface area contributed by atoms with Crippen molar-refractivity contribution >= 4 is 10.0 Å². The first-order valence-corrected chi connectivity index (χ1v) is 8.87. The number of nitrogens with zero attached hydrogens (tertiary/aromatic N) is 2. The SMILES string of the molecule is CN(CCO)S(=O)(=O)c1ccccc1CNCc1cccn1C. The molecule has 1 heterocycles. The molecule has 1 aromatic carbocycles. The van der Waals surface area contributed by atoms with Crippen molar-refractivity contribution in [3.05, 3.63) is 53.9 Å². The molecule has 0 aliphatic rings. The van der Waals surface area contributed by atoms with Gasteiger partial charge >= 0.3 is 0 Å². The number of aromatic nitrogens is 1. The average Bonchev–Trinajstić information content (AvgIpc) is 2.93. The van der Waals surface area contributed by atoms with Crippen molar-refractivity contribution in [1.82, 2.24) is 14.2 Å². The Morgan fingerprint density at radius 2 is 1.91 bits per heavy atom. The Labute approximate surface area is 137 Å². The van der Waals surface area contributed by atoms with Gasteiger partial charge in [-0.05, 0) is 23.8 Å². The molecule has 0 bridgehead atoms. The Morgan fingerprint density at radius 1 is 1.17 bits per heavy atom. The van der Waals surface area contributed by atoms with E-state index in [4.69, 9.17) is 5.11 Å². The molecule has 7 heteroatoms. The summed E-state index contributed by atoms with van der Waals surface area (Å²) in [5.41, 5.74) is 1.84. The fraction of sp³-hybridized carbons (Fsp3) is 0.375. The van der Waals surface area contributed by atoms with Crippen LogP contribution >= 0.6 is 0 Å². The Morgan fingerprint density at radius 3 is 2.57 bits per heavy atom. The van der Waals surface area contributed by atoms with Gasteiger partial charge in [0.15, 0.2) is 0 Å². The van der Waals surface area contributed by atoms with Crippen LogP contribution in [-0.2, 0) is 30.2 Å². The third-order valence-electron chi connectivity index (χ3n) is 3.75. The van der Waals surface area contributed by atoms with Crippen molar-refractivity contribution in [2.45, 2.75) is 18.0 Å². The van der Waals surface area contributed by atoms with E-state index < -0.39 is 10.0 Å². The minimum Gasteiger partial charge on any atom is -0.395 e. The molecular weight excluding hydrogens is 314 g/mol. The molecule has 1 aromatic heterocycles. The smallest absolute Gasteiger partial charge is 0.243 e. The third kappa shape index (κ3) is 4.20. The Balaban J connectivity index is 2.13. The Kier molecular flexibility index (Phi) is 5.95. The molecule has 0 amide bonds. The van der Waals surface area contributed by atoms with Crippen molar-refractivity contribution < 1.29 is 13.5 Å². The number of aliphatic hydroxyl groups excluding tert-OH is 1. The predicted octanol–water partition coefficient (Wildman–Crippen LogP) is 0.928. The fourth-order valence-electron chi connectivity index (χ4n) is 2.34. The molecule has 2 N–H and O–H groups in total. The highest BCUT2D eigenvalue weighted by Crippen LogP contribution is 2.19. The molecule has 0 fully saturated rings. The first-order valence-electron chi connectivity index (χ1n) is 7.43. The molecule has 0 atom stereocenters. The largest absolute Gasteiger partial charge is 0.395 e. The first-order chi connectivity index (χ1) is 11.0. The number of rotatable bonds is 8. The van der Waals surface area contributed by atoms with Gasteiger partial charge in [-0.1, -0.05) is 18.2 Å². The second kappa shape index (κ2) is 7.74. The summed E-state index contributed by atoms with van der Waals surface area (Å²) in [4.78, 5) is 0.273. The standard InChI is InChI=1S/C16H23N3O3S/c1-18-9-5-7-15(18)13-17-12-14-6-3-4-8-16(14)23(21,22)19(2)10-11-20/h3-9,17,20H,10-13H2,1-2H3. The van der Waals surface area contributed by atoms with Crippen molar-refractivity contribution in [2.75, 3.05) is 20.2 Å². The van der Waals surface area contributed by atoms with Crippen LogP contribution in [0.5, 0.6) is 0 Å². The fourth-order valence-corrected chi connectivity index (χ4v) is 3.72. The van der Waals surface area contributed by atoms with Crippen LogP contribution in [0.4, 0.5) is 0 Å². The number of aliphatic hydroxyl groups is 1. The van der Waals surface area contributed by atoms with E-state index in [0.29, 0.717) is 18.7 Å². The lowest BCUT2D eigenvalue weighted by molar-refractivity contribution is 0.266. The lowest BCUT2D eigenvalue weighted by Gasteiger charge is -2.18. The summed E-state index contributed by atoms with van der Waals surface area (Å²) in [6.07, 6.45) is 1.97. The van der Waals surface area contributed by atoms with Gasteiger partial charge in [-0.25, -0.2) is 8.42 Å². The highest BCUT2D eigenvalue weighted by molar-refractivity contribution is 7.89. The van der Waals surface area contributed by atoms with Crippen molar-refractivity contribution in [3.8, 4) is 0 Å². The van der Waals surface area contributed by atoms with Gasteiger partial charge in [-0.15, -0.1) is 0 Å². The van der Waals surface area contributed by atoms with Crippen LogP contribution in [0.25, 0.3) is 0 Å². The summed E-state index contributed by atoms with van der Waals surface area (Å²) in [6.45, 7) is 0.981. The van der Waals surface area contributed by atoms with Gasteiger partial charge in [0.1, 0.15) is 0 Å². The van der Waals surface area contributed by atoms with Gasteiger partial charge in [0, 0.05) is 45.6 Å². The molecule has 23 heavy (non-hydrogen) atoms. The normalized spacial score (nSPS) is 12.0. The zero-order valence-corrected chi connectivity index (χ0v) is 14.3. The third-order valence-corrected chi connectivity index (χ3v) is 5.71. The zero-order chi connectivity index (χ0) is 16.9. The van der Waals surface area contributed by atoms with Crippen LogP contribution < -0.4 is 5.32 Å². The zero-order valence-electron chi connectivity index (χ0n) is 13.4. The molecule has 6 nitrogen and oxygen atoms in total. The molecule has 0 aliphatic carbocycles. The number of likely N-dealkylation sites (N-methyl/N-ethyl adjacent to an activating group) is 1. The van der Waals surface area contributed by atoms with Crippen LogP contribution in [0.1, 0.15) is 11.3 Å². The second-order valence-electron chi connectivity index (χ2n) is 5.37. The molecule has 0 unspecified atom stereocenters.